The van der Waals surface area contributed by atoms with Crippen LogP contribution in [0.2, 0.25) is 0 Å². The molecular formula is C13H19BFNO3. The van der Waals surface area contributed by atoms with Gasteiger partial charge in [-0.25, -0.2) is 4.39 Å². The van der Waals surface area contributed by atoms with Gasteiger partial charge < -0.3 is 19.7 Å². The number of benzene rings is 1. The van der Waals surface area contributed by atoms with Gasteiger partial charge in [0, 0.05) is 5.46 Å². The predicted molar refractivity (Wildman–Crippen MR) is 72.2 cm³/mol. The first-order valence-corrected chi connectivity index (χ1v) is 6.45. The summed E-state index contributed by atoms with van der Waals surface area (Å²) in [6.07, 6.45) is 1.90. The summed E-state index contributed by atoms with van der Waals surface area (Å²) in [7, 11) is 1.66. The van der Waals surface area contributed by atoms with Gasteiger partial charge in [0.25, 0.3) is 0 Å². The monoisotopic (exact) mass is 267 g/mol. The first kappa shape index (κ1) is 14.3. The third-order valence-electron chi connectivity index (χ3n) is 3.77. The average molecular weight is 267 g/mol. The Morgan fingerprint density at radius 1 is 1.32 bits per heavy atom. The molecule has 0 radical (unpaired) electrons. The molecule has 1 fully saturated rings. The Bertz CT molecular complexity index is 448. The van der Waals surface area contributed by atoms with Crippen LogP contribution in [-0.4, -0.2) is 49.3 Å². The zero-order valence-electron chi connectivity index (χ0n) is 11.3. The van der Waals surface area contributed by atoms with Gasteiger partial charge in [-0.3, -0.25) is 0 Å². The van der Waals surface area contributed by atoms with Crippen LogP contribution >= 0.6 is 0 Å². The standard InChI is InChI=1S/C13H19BFNO3/c1-16-5-3-9(4-6-16)10-7-11(14(17)18)13(19-2)12(15)8-10/h7-9,17-18H,3-6H2,1-2H3. The van der Waals surface area contributed by atoms with Crippen molar-refractivity contribution in [3.63, 3.8) is 0 Å². The Hall–Kier alpha value is -1.11. The number of rotatable bonds is 3. The first-order valence-electron chi connectivity index (χ1n) is 6.45. The third-order valence-corrected chi connectivity index (χ3v) is 3.77. The molecule has 104 valence electrons. The van der Waals surface area contributed by atoms with Crippen molar-refractivity contribution in [3.8, 4) is 5.75 Å². The summed E-state index contributed by atoms with van der Waals surface area (Å²) in [4.78, 5) is 2.23. The van der Waals surface area contributed by atoms with Crippen LogP contribution in [0.15, 0.2) is 12.1 Å². The minimum atomic E-state index is -1.73. The molecule has 19 heavy (non-hydrogen) atoms. The van der Waals surface area contributed by atoms with Gasteiger partial charge in [-0.2, -0.15) is 0 Å². The summed E-state index contributed by atoms with van der Waals surface area (Å²) in [5.74, 6) is -0.372. The fourth-order valence-corrected chi connectivity index (χ4v) is 2.62. The predicted octanol–water partition coefficient (Wildman–Crippen LogP) is 0.323. The van der Waals surface area contributed by atoms with Crippen LogP contribution in [0.3, 0.4) is 0 Å². The van der Waals surface area contributed by atoms with Crippen molar-refractivity contribution in [3.05, 3.63) is 23.5 Å². The Kier molecular flexibility index (Phi) is 4.44. The van der Waals surface area contributed by atoms with E-state index in [1.165, 1.54) is 13.2 Å². The van der Waals surface area contributed by atoms with Gasteiger partial charge in [-0.05, 0) is 50.5 Å². The third kappa shape index (κ3) is 3.08. The number of likely N-dealkylation sites (tertiary alicyclic amines) is 1. The van der Waals surface area contributed by atoms with E-state index in [4.69, 9.17) is 4.74 Å². The van der Waals surface area contributed by atoms with Crippen LogP contribution in [-0.2, 0) is 0 Å². The fraction of sp³-hybridized carbons (Fsp3) is 0.538. The molecule has 1 aromatic rings. The van der Waals surface area contributed by atoms with Crippen LogP contribution < -0.4 is 10.2 Å². The van der Waals surface area contributed by atoms with Crippen LogP contribution in [0.1, 0.15) is 24.3 Å². The fourth-order valence-electron chi connectivity index (χ4n) is 2.62. The molecule has 1 aliphatic heterocycles. The molecule has 0 amide bonds. The minimum Gasteiger partial charge on any atom is -0.494 e. The Balaban J connectivity index is 2.31. The van der Waals surface area contributed by atoms with E-state index in [-0.39, 0.29) is 17.1 Å². The van der Waals surface area contributed by atoms with Gasteiger partial charge >= 0.3 is 7.12 Å². The molecule has 1 aromatic carbocycles. The number of methoxy groups -OCH3 is 1. The molecule has 1 saturated heterocycles. The summed E-state index contributed by atoms with van der Waals surface area (Å²) in [5.41, 5.74) is 0.908. The van der Waals surface area contributed by atoms with Crippen molar-refractivity contribution in [1.29, 1.82) is 0 Å². The molecule has 2 rings (SSSR count). The van der Waals surface area contributed by atoms with Crippen molar-refractivity contribution < 1.29 is 19.2 Å². The van der Waals surface area contributed by atoms with Crippen LogP contribution in [0.5, 0.6) is 5.75 Å². The van der Waals surface area contributed by atoms with E-state index in [2.05, 4.69) is 11.9 Å². The maximum absolute atomic E-state index is 13.9. The first-order chi connectivity index (χ1) is 9.02. The second-order valence-electron chi connectivity index (χ2n) is 5.08. The van der Waals surface area contributed by atoms with Crippen molar-refractivity contribution in [1.82, 2.24) is 4.90 Å². The molecule has 0 spiro atoms. The van der Waals surface area contributed by atoms with Crippen molar-refractivity contribution >= 4 is 12.6 Å². The van der Waals surface area contributed by atoms with E-state index >= 15 is 0 Å². The molecule has 1 aliphatic rings. The lowest BCUT2D eigenvalue weighted by atomic mass is 9.76. The van der Waals surface area contributed by atoms with E-state index in [9.17, 15) is 14.4 Å². The van der Waals surface area contributed by atoms with Crippen molar-refractivity contribution in [2.75, 3.05) is 27.2 Å². The zero-order chi connectivity index (χ0) is 14.0. The Morgan fingerprint density at radius 2 is 1.95 bits per heavy atom. The van der Waals surface area contributed by atoms with E-state index in [0.717, 1.165) is 31.5 Å². The normalized spacial score (nSPS) is 17.5. The number of hydrogen-bond donors (Lipinski definition) is 2. The molecular weight excluding hydrogens is 248 g/mol. The second-order valence-corrected chi connectivity index (χ2v) is 5.08. The van der Waals surface area contributed by atoms with Gasteiger partial charge in [0.1, 0.15) is 0 Å². The summed E-state index contributed by atoms with van der Waals surface area (Å²) < 4.78 is 18.8. The van der Waals surface area contributed by atoms with E-state index in [0.29, 0.717) is 0 Å². The molecule has 6 heteroatoms. The average Bonchev–Trinajstić information content (AvgIpc) is 2.38. The Morgan fingerprint density at radius 3 is 2.47 bits per heavy atom. The Labute approximate surface area is 113 Å². The van der Waals surface area contributed by atoms with Gasteiger partial charge in [-0.1, -0.05) is 6.07 Å². The maximum Gasteiger partial charge on any atom is 0.492 e. The molecule has 1 heterocycles. The second kappa shape index (κ2) is 5.90. The molecule has 0 aliphatic carbocycles. The number of ether oxygens (including phenoxy) is 1. The number of hydrogen-bond acceptors (Lipinski definition) is 4. The SMILES string of the molecule is COc1c(F)cc(C2CCN(C)CC2)cc1B(O)O. The van der Waals surface area contributed by atoms with Crippen molar-refractivity contribution in [2.45, 2.75) is 18.8 Å². The van der Waals surface area contributed by atoms with Crippen LogP contribution in [0, 0.1) is 5.82 Å². The summed E-state index contributed by atoms with van der Waals surface area (Å²) in [6, 6.07) is 3.09. The smallest absolute Gasteiger partial charge is 0.492 e. The quantitative estimate of drug-likeness (QED) is 0.775. The molecule has 0 unspecified atom stereocenters. The van der Waals surface area contributed by atoms with Crippen LogP contribution in [0.25, 0.3) is 0 Å². The topological polar surface area (TPSA) is 52.9 Å². The molecule has 0 atom stereocenters. The summed E-state index contributed by atoms with van der Waals surface area (Å²) in [5, 5.41) is 18.7. The molecule has 0 aromatic heterocycles. The highest BCUT2D eigenvalue weighted by Gasteiger charge is 2.25. The highest BCUT2D eigenvalue weighted by molar-refractivity contribution is 6.59. The highest BCUT2D eigenvalue weighted by Crippen LogP contribution is 2.29. The summed E-state index contributed by atoms with van der Waals surface area (Å²) >= 11 is 0. The largest absolute Gasteiger partial charge is 0.494 e. The van der Waals surface area contributed by atoms with E-state index in [1.54, 1.807) is 6.07 Å². The highest BCUT2D eigenvalue weighted by atomic mass is 19.1. The van der Waals surface area contributed by atoms with E-state index < -0.39 is 12.9 Å². The lowest BCUT2D eigenvalue weighted by molar-refractivity contribution is 0.255. The van der Waals surface area contributed by atoms with Crippen molar-refractivity contribution in [2.24, 2.45) is 0 Å². The number of nitrogens with zero attached hydrogens (tertiary/aromatic N) is 1. The maximum atomic E-state index is 13.9. The zero-order valence-corrected chi connectivity index (χ0v) is 11.3. The number of halogens is 1. The summed E-state index contributed by atoms with van der Waals surface area (Å²) in [6.45, 7) is 1.94. The van der Waals surface area contributed by atoms with Crippen LogP contribution in [0.4, 0.5) is 4.39 Å². The molecule has 0 saturated carbocycles. The number of piperidine rings is 1. The lowest BCUT2D eigenvalue weighted by Gasteiger charge is -2.29. The lowest BCUT2D eigenvalue weighted by Crippen LogP contribution is -2.34. The van der Waals surface area contributed by atoms with Gasteiger partial charge in [0.2, 0.25) is 0 Å². The van der Waals surface area contributed by atoms with E-state index in [1.807, 2.05) is 0 Å². The minimum absolute atomic E-state index is 0.0910. The van der Waals surface area contributed by atoms with Gasteiger partial charge in [0.05, 0.1) is 7.11 Å². The molecule has 0 bridgehead atoms. The molecule has 2 N–H and O–H groups in total. The van der Waals surface area contributed by atoms with Gasteiger partial charge in [-0.15, -0.1) is 0 Å². The van der Waals surface area contributed by atoms with Gasteiger partial charge in [0.15, 0.2) is 11.6 Å². The molecule has 4 nitrogen and oxygen atoms in total.